The smallest absolute Gasteiger partial charge is 0.326 e. The second-order valence-electron chi connectivity index (χ2n) is 3.77. The van der Waals surface area contributed by atoms with Gasteiger partial charge in [-0.05, 0) is 32.6 Å². The summed E-state index contributed by atoms with van der Waals surface area (Å²) in [6, 6.07) is -0.496. The fraction of sp³-hybridized carbons (Fsp3) is 0.600. The number of carboxylic acids is 1. The molecule has 1 heterocycles. The zero-order valence-electron chi connectivity index (χ0n) is 8.23. The molecule has 76 valence electrons. The van der Waals surface area contributed by atoms with E-state index in [4.69, 9.17) is 5.11 Å². The van der Waals surface area contributed by atoms with Gasteiger partial charge in [-0.3, -0.25) is 0 Å². The van der Waals surface area contributed by atoms with Crippen molar-refractivity contribution in [2.45, 2.75) is 38.6 Å². The summed E-state index contributed by atoms with van der Waals surface area (Å²) < 4.78 is 1.79. The summed E-state index contributed by atoms with van der Waals surface area (Å²) in [6.07, 6.45) is 5.94. The monoisotopic (exact) mass is 194 g/mol. The van der Waals surface area contributed by atoms with E-state index in [0.717, 1.165) is 30.7 Å². The summed E-state index contributed by atoms with van der Waals surface area (Å²) >= 11 is 0. The summed E-state index contributed by atoms with van der Waals surface area (Å²) in [5.41, 5.74) is 2.20. The number of hydrogen-bond donors (Lipinski definition) is 1. The van der Waals surface area contributed by atoms with Gasteiger partial charge in [-0.2, -0.15) is 0 Å². The van der Waals surface area contributed by atoms with Crippen LogP contribution in [0, 0.1) is 0 Å². The second kappa shape index (κ2) is 3.44. The lowest BCUT2D eigenvalue weighted by molar-refractivity contribution is -0.140. The first-order valence-corrected chi connectivity index (χ1v) is 4.97. The van der Waals surface area contributed by atoms with Crippen LogP contribution in [-0.2, 0) is 17.6 Å². The van der Waals surface area contributed by atoms with Crippen LogP contribution in [0.25, 0.3) is 0 Å². The van der Waals surface area contributed by atoms with Crippen LogP contribution in [0.15, 0.2) is 6.33 Å². The highest BCUT2D eigenvalue weighted by atomic mass is 16.4. The van der Waals surface area contributed by atoms with Gasteiger partial charge in [0.15, 0.2) is 0 Å². The molecule has 1 N–H and O–H groups in total. The van der Waals surface area contributed by atoms with Crippen molar-refractivity contribution in [3.8, 4) is 0 Å². The van der Waals surface area contributed by atoms with Crippen molar-refractivity contribution in [1.82, 2.24) is 9.55 Å². The van der Waals surface area contributed by atoms with E-state index in [-0.39, 0.29) is 0 Å². The Kier molecular flexibility index (Phi) is 2.27. The Hall–Kier alpha value is -1.32. The number of rotatable bonds is 2. The van der Waals surface area contributed by atoms with Crippen LogP contribution >= 0.6 is 0 Å². The van der Waals surface area contributed by atoms with Crippen molar-refractivity contribution < 1.29 is 9.90 Å². The molecule has 14 heavy (non-hydrogen) atoms. The number of fused-ring (bicyclic) bond motifs is 1. The molecule has 1 aliphatic rings. The topological polar surface area (TPSA) is 55.1 Å². The summed E-state index contributed by atoms with van der Waals surface area (Å²) in [5.74, 6) is -0.796. The highest BCUT2D eigenvalue weighted by Gasteiger charge is 2.21. The molecule has 0 unspecified atom stereocenters. The lowest BCUT2D eigenvalue weighted by Gasteiger charge is -2.16. The van der Waals surface area contributed by atoms with Crippen molar-refractivity contribution in [3.05, 3.63) is 17.7 Å². The quantitative estimate of drug-likeness (QED) is 0.774. The van der Waals surface area contributed by atoms with Crippen LogP contribution in [0.2, 0.25) is 0 Å². The molecule has 0 saturated carbocycles. The molecule has 1 aromatic heterocycles. The molecule has 0 fully saturated rings. The molecule has 4 nitrogen and oxygen atoms in total. The highest BCUT2D eigenvalue weighted by Crippen LogP contribution is 2.22. The molecular weight excluding hydrogens is 180 g/mol. The van der Waals surface area contributed by atoms with Crippen molar-refractivity contribution in [2.75, 3.05) is 0 Å². The van der Waals surface area contributed by atoms with Gasteiger partial charge >= 0.3 is 5.97 Å². The molecule has 0 bridgehead atoms. The third-order valence-electron chi connectivity index (χ3n) is 2.83. The lowest BCUT2D eigenvalue weighted by Crippen LogP contribution is -2.18. The summed E-state index contributed by atoms with van der Waals surface area (Å²) in [5, 5.41) is 8.91. The summed E-state index contributed by atoms with van der Waals surface area (Å²) in [7, 11) is 0. The fourth-order valence-corrected chi connectivity index (χ4v) is 1.94. The van der Waals surface area contributed by atoms with Crippen LogP contribution in [-0.4, -0.2) is 20.6 Å². The molecular formula is C10H14N2O2. The van der Waals surface area contributed by atoms with Crippen molar-refractivity contribution in [2.24, 2.45) is 0 Å². The van der Waals surface area contributed by atoms with E-state index in [2.05, 4.69) is 4.98 Å². The minimum absolute atomic E-state index is 0.496. The molecule has 1 aromatic rings. The normalized spacial score (nSPS) is 17.5. The largest absolute Gasteiger partial charge is 0.480 e. The molecule has 0 aliphatic heterocycles. The average molecular weight is 194 g/mol. The molecule has 1 aliphatic carbocycles. The molecule has 4 heteroatoms. The number of carboxylic acid groups (broad SMARTS) is 1. The fourth-order valence-electron chi connectivity index (χ4n) is 1.94. The molecule has 0 radical (unpaired) electrons. The number of nitrogens with zero attached hydrogens (tertiary/aromatic N) is 2. The van der Waals surface area contributed by atoms with E-state index in [1.54, 1.807) is 17.8 Å². The third kappa shape index (κ3) is 1.41. The first kappa shape index (κ1) is 9.24. The van der Waals surface area contributed by atoms with Gasteiger partial charge in [0.1, 0.15) is 6.04 Å². The minimum atomic E-state index is -0.796. The lowest BCUT2D eigenvalue weighted by atomic mass is 10.0. The summed E-state index contributed by atoms with van der Waals surface area (Å²) in [4.78, 5) is 15.1. The average Bonchev–Trinajstić information content (AvgIpc) is 2.60. The Morgan fingerprint density at radius 3 is 3.00 bits per heavy atom. The van der Waals surface area contributed by atoms with Gasteiger partial charge in [-0.15, -0.1) is 0 Å². The highest BCUT2D eigenvalue weighted by molar-refractivity contribution is 5.71. The first-order chi connectivity index (χ1) is 6.70. The van der Waals surface area contributed by atoms with Crippen molar-refractivity contribution in [1.29, 1.82) is 0 Å². The van der Waals surface area contributed by atoms with Crippen LogP contribution in [0.5, 0.6) is 0 Å². The summed E-state index contributed by atoms with van der Waals surface area (Å²) in [6.45, 7) is 1.69. The Bertz CT molecular complexity index is 357. The van der Waals surface area contributed by atoms with E-state index < -0.39 is 12.0 Å². The van der Waals surface area contributed by atoms with Crippen LogP contribution < -0.4 is 0 Å². The number of hydrogen-bond acceptors (Lipinski definition) is 2. The maximum atomic E-state index is 10.8. The number of imidazole rings is 1. The van der Waals surface area contributed by atoms with Crippen molar-refractivity contribution in [3.63, 3.8) is 0 Å². The Morgan fingerprint density at radius 1 is 1.57 bits per heavy atom. The number of carbonyl (C=O) groups is 1. The minimum Gasteiger partial charge on any atom is -0.480 e. The van der Waals surface area contributed by atoms with Crippen molar-refractivity contribution >= 4 is 5.97 Å². The maximum Gasteiger partial charge on any atom is 0.326 e. The third-order valence-corrected chi connectivity index (χ3v) is 2.83. The van der Waals surface area contributed by atoms with E-state index in [9.17, 15) is 4.79 Å². The number of aromatic nitrogens is 2. The van der Waals surface area contributed by atoms with Crippen LogP contribution in [0.1, 0.15) is 37.2 Å². The van der Waals surface area contributed by atoms with E-state index in [1.165, 1.54) is 6.42 Å². The maximum absolute atomic E-state index is 10.8. The van der Waals surface area contributed by atoms with Gasteiger partial charge in [0, 0.05) is 5.69 Å². The zero-order chi connectivity index (χ0) is 10.1. The molecule has 2 rings (SSSR count). The van der Waals surface area contributed by atoms with Gasteiger partial charge < -0.3 is 9.67 Å². The first-order valence-electron chi connectivity index (χ1n) is 4.97. The Balaban J connectivity index is 2.34. The van der Waals surface area contributed by atoms with Gasteiger partial charge in [0.25, 0.3) is 0 Å². The Morgan fingerprint density at radius 2 is 2.29 bits per heavy atom. The van der Waals surface area contributed by atoms with E-state index in [0.29, 0.717) is 0 Å². The second-order valence-corrected chi connectivity index (χ2v) is 3.77. The zero-order valence-corrected chi connectivity index (χ0v) is 8.23. The molecule has 1 atom stereocenters. The SMILES string of the molecule is C[C@@H](C(=O)O)n1cnc2c1CCCC2. The van der Waals surface area contributed by atoms with E-state index >= 15 is 0 Å². The van der Waals surface area contributed by atoms with Crippen LogP contribution in [0.3, 0.4) is 0 Å². The molecule has 0 amide bonds. The molecule has 0 spiro atoms. The predicted molar refractivity (Wildman–Crippen MR) is 51.2 cm³/mol. The number of aryl methyl sites for hydroxylation is 1. The molecule has 0 aromatic carbocycles. The molecule has 0 saturated heterocycles. The standard InChI is InChI=1S/C10H14N2O2/c1-7(10(13)14)12-6-11-8-4-2-3-5-9(8)12/h6-7H,2-5H2,1H3,(H,13,14)/t7-/m0/s1. The predicted octanol–water partition coefficient (Wildman–Crippen LogP) is 1.41. The van der Waals surface area contributed by atoms with Gasteiger partial charge in [-0.25, -0.2) is 9.78 Å². The van der Waals surface area contributed by atoms with Gasteiger partial charge in [0.2, 0.25) is 0 Å². The Labute approximate surface area is 82.6 Å². The van der Waals surface area contributed by atoms with Crippen LogP contribution in [0.4, 0.5) is 0 Å². The van der Waals surface area contributed by atoms with Gasteiger partial charge in [-0.1, -0.05) is 0 Å². The van der Waals surface area contributed by atoms with E-state index in [1.807, 2.05) is 0 Å². The number of aliphatic carboxylic acids is 1. The van der Waals surface area contributed by atoms with Gasteiger partial charge in [0.05, 0.1) is 12.0 Å².